The fraction of sp³-hybridized carbons (Fsp3) is 0.250. The maximum Gasteiger partial charge on any atom is 0.573 e. The van der Waals surface area contributed by atoms with Gasteiger partial charge in [0.2, 0.25) is 0 Å². The average molecular weight is 272 g/mol. The number of H-pyrrole nitrogens is 1. The summed E-state index contributed by atoms with van der Waals surface area (Å²) in [5.74, 6) is 0.172. The lowest BCUT2D eigenvalue weighted by molar-refractivity contribution is -0.274. The average Bonchev–Trinajstić information content (AvgIpc) is 2.83. The smallest absolute Gasteiger partial charge is 0.494 e. The van der Waals surface area contributed by atoms with Gasteiger partial charge in [-0.3, -0.25) is 5.10 Å². The van der Waals surface area contributed by atoms with Crippen molar-refractivity contribution in [1.82, 2.24) is 10.2 Å². The Morgan fingerprint density at radius 1 is 1.32 bits per heavy atom. The number of ether oxygens (including phenoxy) is 2. The van der Waals surface area contributed by atoms with E-state index in [4.69, 9.17) is 4.74 Å². The zero-order valence-electron chi connectivity index (χ0n) is 9.99. The summed E-state index contributed by atoms with van der Waals surface area (Å²) in [5.41, 5.74) is 0.748. The fourth-order valence-electron chi connectivity index (χ4n) is 1.60. The van der Waals surface area contributed by atoms with Crippen LogP contribution in [0.15, 0.2) is 30.6 Å². The molecule has 102 valence electrons. The molecule has 0 bridgehead atoms. The van der Waals surface area contributed by atoms with E-state index in [-0.39, 0.29) is 11.3 Å². The number of nitrogens with zero attached hydrogens (tertiary/aromatic N) is 1. The van der Waals surface area contributed by atoms with Crippen molar-refractivity contribution in [3.63, 3.8) is 0 Å². The second-order valence-electron chi connectivity index (χ2n) is 3.63. The Bertz CT molecular complexity index is 538. The van der Waals surface area contributed by atoms with E-state index in [0.29, 0.717) is 17.9 Å². The number of aromatic amines is 1. The third-order valence-electron chi connectivity index (χ3n) is 2.30. The second kappa shape index (κ2) is 5.21. The molecule has 0 unspecified atom stereocenters. The van der Waals surface area contributed by atoms with E-state index in [1.807, 2.05) is 0 Å². The van der Waals surface area contributed by atoms with E-state index in [2.05, 4.69) is 14.9 Å². The van der Waals surface area contributed by atoms with E-state index < -0.39 is 6.36 Å². The lowest BCUT2D eigenvalue weighted by Crippen LogP contribution is -2.17. The summed E-state index contributed by atoms with van der Waals surface area (Å²) in [6.45, 7) is 2.21. The number of rotatable bonds is 4. The van der Waals surface area contributed by atoms with E-state index in [1.165, 1.54) is 30.6 Å². The first-order valence-electron chi connectivity index (χ1n) is 5.51. The normalized spacial score (nSPS) is 11.4. The minimum absolute atomic E-state index is 0.261. The SMILES string of the molecule is CCOc1ccc(OC(F)(F)F)c(-c2cn[nH]c2)c1. The van der Waals surface area contributed by atoms with E-state index in [9.17, 15) is 13.2 Å². The maximum atomic E-state index is 12.3. The predicted molar refractivity (Wildman–Crippen MR) is 61.9 cm³/mol. The lowest BCUT2D eigenvalue weighted by Gasteiger charge is -2.13. The van der Waals surface area contributed by atoms with Gasteiger partial charge < -0.3 is 9.47 Å². The molecular weight excluding hydrogens is 261 g/mol. The standard InChI is InChI=1S/C12H11F3N2O2/c1-2-18-9-3-4-11(19-12(13,14)15)10(5-9)8-6-16-17-7-8/h3-7H,2H2,1H3,(H,16,17). The number of nitrogens with one attached hydrogen (secondary N) is 1. The molecule has 0 aliphatic heterocycles. The third kappa shape index (κ3) is 3.40. The van der Waals surface area contributed by atoms with Gasteiger partial charge in [-0.1, -0.05) is 0 Å². The van der Waals surface area contributed by atoms with Crippen LogP contribution in [0.1, 0.15) is 6.92 Å². The molecule has 4 nitrogen and oxygen atoms in total. The quantitative estimate of drug-likeness (QED) is 0.928. The van der Waals surface area contributed by atoms with Gasteiger partial charge in [-0.2, -0.15) is 5.10 Å². The summed E-state index contributed by atoms with van der Waals surface area (Å²) in [7, 11) is 0. The van der Waals surface area contributed by atoms with Crippen molar-refractivity contribution < 1.29 is 22.6 Å². The summed E-state index contributed by atoms with van der Waals surface area (Å²) >= 11 is 0. The number of hydrogen-bond donors (Lipinski definition) is 1. The topological polar surface area (TPSA) is 47.1 Å². The summed E-state index contributed by atoms with van der Waals surface area (Å²) in [5, 5.41) is 6.25. The van der Waals surface area contributed by atoms with Crippen molar-refractivity contribution in [3.05, 3.63) is 30.6 Å². The molecule has 0 radical (unpaired) electrons. The largest absolute Gasteiger partial charge is 0.573 e. The van der Waals surface area contributed by atoms with Crippen LogP contribution < -0.4 is 9.47 Å². The number of benzene rings is 1. The van der Waals surface area contributed by atoms with Gasteiger partial charge in [0.15, 0.2) is 0 Å². The Balaban J connectivity index is 2.42. The first-order valence-corrected chi connectivity index (χ1v) is 5.51. The summed E-state index contributed by atoms with van der Waals surface area (Å²) in [6.07, 6.45) is -1.85. The number of hydrogen-bond acceptors (Lipinski definition) is 3. The molecule has 0 spiro atoms. The van der Waals surface area contributed by atoms with Crippen molar-refractivity contribution in [3.8, 4) is 22.6 Å². The first kappa shape index (κ1) is 13.3. The van der Waals surface area contributed by atoms with Crippen molar-refractivity contribution in [1.29, 1.82) is 0 Å². The van der Waals surface area contributed by atoms with Crippen LogP contribution in [0.2, 0.25) is 0 Å². The Kier molecular flexibility index (Phi) is 3.64. The van der Waals surface area contributed by atoms with Crippen LogP contribution in [0.5, 0.6) is 11.5 Å². The number of aromatic nitrogens is 2. The maximum absolute atomic E-state index is 12.3. The van der Waals surface area contributed by atoms with Gasteiger partial charge in [0.1, 0.15) is 11.5 Å². The lowest BCUT2D eigenvalue weighted by atomic mass is 10.1. The van der Waals surface area contributed by atoms with Crippen LogP contribution in [0.4, 0.5) is 13.2 Å². The van der Waals surface area contributed by atoms with Gasteiger partial charge in [0.05, 0.1) is 12.8 Å². The van der Waals surface area contributed by atoms with Crippen molar-refractivity contribution in [2.24, 2.45) is 0 Å². The minimum atomic E-state index is -4.74. The molecule has 7 heteroatoms. The van der Waals surface area contributed by atoms with Gasteiger partial charge in [-0.25, -0.2) is 0 Å². The highest BCUT2D eigenvalue weighted by molar-refractivity contribution is 5.70. The summed E-state index contributed by atoms with van der Waals surface area (Å²) < 4.78 is 46.3. The molecule has 0 amide bonds. The van der Waals surface area contributed by atoms with Crippen molar-refractivity contribution in [2.75, 3.05) is 6.61 Å². The number of halogens is 3. The molecule has 0 atom stereocenters. The van der Waals surface area contributed by atoms with Gasteiger partial charge in [0, 0.05) is 17.3 Å². The zero-order valence-corrected chi connectivity index (χ0v) is 9.99. The van der Waals surface area contributed by atoms with E-state index >= 15 is 0 Å². The van der Waals surface area contributed by atoms with Crippen LogP contribution in [0.25, 0.3) is 11.1 Å². The van der Waals surface area contributed by atoms with Crippen molar-refractivity contribution in [2.45, 2.75) is 13.3 Å². The van der Waals surface area contributed by atoms with Gasteiger partial charge in [0.25, 0.3) is 0 Å². The van der Waals surface area contributed by atoms with Gasteiger partial charge in [-0.15, -0.1) is 13.2 Å². The molecule has 1 N–H and O–H groups in total. The third-order valence-corrected chi connectivity index (χ3v) is 2.30. The molecule has 1 heterocycles. The molecular formula is C12H11F3N2O2. The van der Waals surface area contributed by atoms with E-state index in [1.54, 1.807) is 6.92 Å². The molecule has 2 rings (SSSR count). The highest BCUT2D eigenvalue weighted by Crippen LogP contribution is 2.36. The second-order valence-corrected chi connectivity index (χ2v) is 3.63. The summed E-state index contributed by atoms with van der Waals surface area (Å²) in [4.78, 5) is 0. The van der Waals surface area contributed by atoms with Crippen LogP contribution in [-0.4, -0.2) is 23.2 Å². The van der Waals surface area contributed by atoms with Crippen LogP contribution in [0, 0.1) is 0 Å². The predicted octanol–water partition coefficient (Wildman–Crippen LogP) is 3.37. The minimum Gasteiger partial charge on any atom is -0.494 e. The van der Waals surface area contributed by atoms with Crippen LogP contribution >= 0.6 is 0 Å². The molecule has 2 aromatic rings. The molecule has 0 fully saturated rings. The molecule has 0 aliphatic carbocycles. The molecule has 1 aromatic heterocycles. The monoisotopic (exact) mass is 272 g/mol. The highest BCUT2D eigenvalue weighted by atomic mass is 19.4. The van der Waals surface area contributed by atoms with Crippen LogP contribution in [-0.2, 0) is 0 Å². The fourth-order valence-corrected chi connectivity index (χ4v) is 1.60. The Hall–Kier alpha value is -2.18. The first-order chi connectivity index (χ1) is 8.99. The Morgan fingerprint density at radius 2 is 2.11 bits per heavy atom. The van der Waals surface area contributed by atoms with Crippen molar-refractivity contribution >= 4 is 0 Å². The van der Waals surface area contributed by atoms with Gasteiger partial charge in [-0.05, 0) is 25.1 Å². The van der Waals surface area contributed by atoms with Crippen LogP contribution in [0.3, 0.4) is 0 Å². The molecule has 1 aromatic carbocycles. The highest BCUT2D eigenvalue weighted by Gasteiger charge is 2.32. The zero-order chi connectivity index (χ0) is 13.9. The number of alkyl halides is 3. The van der Waals surface area contributed by atoms with Gasteiger partial charge >= 0.3 is 6.36 Å². The molecule has 0 saturated carbocycles. The molecule has 0 saturated heterocycles. The Labute approximate surface area is 107 Å². The molecule has 19 heavy (non-hydrogen) atoms. The molecule has 0 aliphatic rings. The Morgan fingerprint density at radius 3 is 2.68 bits per heavy atom. The summed E-state index contributed by atoms with van der Waals surface area (Å²) in [6, 6.07) is 4.13. The van der Waals surface area contributed by atoms with E-state index in [0.717, 1.165) is 0 Å².